The monoisotopic (exact) mass is 378 g/mol. The molecule has 0 radical (unpaired) electrons. The second kappa shape index (κ2) is 8.07. The number of piperazine rings is 1. The molecule has 1 saturated heterocycles. The first kappa shape index (κ1) is 18.6. The molecule has 2 aromatic carbocycles. The lowest BCUT2D eigenvalue weighted by Gasteiger charge is -2.36. The van der Waals surface area contributed by atoms with Gasteiger partial charge in [0.1, 0.15) is 11.8 Å². The Balaban J connectivity index is 1.44. The number of aromatic nitrogens is 1. The number of Topliss-reactive ketones (excluding diaryl/α,β-unsaturated/α-hetero) is 1. The average Bonchev–Trinajstić information content (AvgIpc) is 3.18. The van der Waals surface area contributed by atoms with Crippen molar-refractivity contribution in [1.82, 2.24) is 4.98 Å². The lowest BCUT2D eigenvalue weighted by Crippen LogP contribution is -3.18. The van der Waals surface area contributed by atoms with E-state index in [9.17, 15) is 4.79 Å². The Bertz CT molecular complexity index is 957. The second-order valence-corrected chi connectivity index (χ2v) is 7.38. The maximum atomic E-state index is 13.1. The van der Waals surface area contributed by atoms with Gasteiger partial charge in [0.05, 0.1) is 38.5 Å². The third kappa shape index (κ3) is 3.50. The molecule has 2 heterocycles. The Morgan fingerprint density at radius 2 is 1.86 bits per heavy atom. The van der Waals surface area contributed by atoms with Crippen molar-refractivity contribution in [2.45, 2.75) is 19.9 Å². The molecule has 0 aliphatic carbocycles. The van der Waals surface area contributed by atoms with Gasteiger partial charge in [-0.1, -0.05) is 30.3 Å². The summed E-state index contributed by atoms with van der Waals surface area (Å²) in [6.45, 7) is 8.46. The van der Waals surface area contributed by atoms with Crippen LogP contribution in [0.1, 0.15) is 24.2 Å². The van der Waals surface area contributed by atoms with Gasteiger partial charge in [-0.3, -0.25) is 4.79 Å². The van der Waals surface area contributed by atoms with Crippen LogP contribution in [-0.4, -0.2) is 49.6 Å². The van der Waals surface area contributed by atoms with Crippen molar-refractivity contribution in [2.75, 3.05) is 37.7 Å². The number of para-hydroxylation sites is 3. The Hall–Kier alpha value is -2.79. The number of benzene rings is 2. The molecule has 4 rings (SSSR count). The van der Waals surface area contributed by atoms with Crippen LogP contribution in [0.25, 0.3) is 10.9 Å². The summed E-state index contributed by atoms with van der Waals surface area (Å²) < 4.78 is 5.79. The molecular formula is C23H28N3O2+. The molecular weight excluding hydrogens is 350 g/mol. The van der Waals surface area contributed by atoms with E-state index in [0.29, 0.717) is 6.61 Å². The van der Waals surface area contributed by atoms with E-state index in [4.69, 9.17) is 4.74 Å². The summed E-state index contributed by atoms with van der Waals surface area (Å²) in [6, 6.07) is 16.2. The number of carbonyl (C=O) groups is 1. The number of anilines is 1. The highest BCUT2D eigenvalue weighted by molar-refractivity contribution is 6.09. The second-order valence-electron chi connectivity index (χ2n) is 7.38. The molecule has 3 aromatic rings. The zero-order chi connectivity index (χ0) is 19.5. The minimum absolute atomic E-state index is 0.0523. The first-order valence-corrected chi connectivity index (χ1v) is 10.1. The Kier molecular flexibility index (Phi) is 5.35. The minimum Gasteiger partial charge on any atom is -0.492 e. The van der Waals surface area contributed by atoms with Gasteiger partial charge < -0.3 is 19.5 Å². The topological polar surface area (TPSA) is 49.8 Å². The maximum absolute atomic E-state index is 13.1. The molecule has 1 atom stereocenters. The fourth-order valence-corrected chi connectivity index (χ4v) is 4.16. The molecule has 1 fully saturated rings. The first-order chi connectivity index (χ1) is 13.7. The van der Waals surface area contributed by atoms with E-state index in [-0.39, 0.29) is 11.8 Å². The molecule has 0 saturated carbocycles. The van der Waals surface area contributed by atoms with Gasteiger partial charge in [-0.05, 0) is 32.0 Å². The number of H-pyrrole nitrogens is 1. The van der Waals surface area contributed by atoms with E-state index in [1.165, 1.54) is 4.90 Å². The number of hydrogen-bond acceptors (Lipinski definition) is 3. The van der Waals surface area contributed by atoms with E-state index in [1.807, 2.05) is 49.5 Å². The number of rotatable bonds is 6. The van der Waals surface area contributed by atoms with Crippen LogP contribution in [-0.2, 0) is 0 Å². The lowest BCUT2D eigenvalue weighted by molar-refractivity contribution is -0.914. The van der Waals surface area contributed by atoms with Crippen molar-refractivity contribution in [1.29, 1.82) is 0 Å². The summed E-state index contributed by atoms with van der Waals surface area (Å²) in [6.07, 6.45) is 1.86. The Labute approximate surface area is 165 Å². The van der Waals surface area contributed by atoms with Crippen LogP contribution in [0.5, 0.6) is 5.75 Å². The highest BCUT2D eigenvalue weighted by atomic mass is 16.5. The van der Waals surface area contributed by atoms with Gasteiger partial charge in [0.15, 0.2) is 0 Å². The van der Waals surface area contributed by atoms with E-state index < -0.39 is 0 Å². The van der Waals surface area contributed by atoms with Crippen molar-refractivity contribution in [3.8, 4) is 5.75 Å². The average molecular weight is 378 g/mol. The third-order valence-corrected chi connectivity index (χ3v) is 5.77. The predicted octanol–water partition coefficient (Wildman–Crippen LogP) is 2.54. The van der Waals surface area contributed by atoms with E-state index in [2.05, 4.69) is 28.9 Å². The number of carbonyl (C=O) groups excluding carboxylic acids is 1. The minimum atomic E-state index is -0.0523. The zero-order valence-corrected chi connectivity index (χ0v) is 16.6. The van der Waals surface area contributed by atoms with Crippen molar-refractivity contribution in [3.05, 3.63) is 60.3 Å². The van der Waals surface area contributed by atoms with Gasteiger partial charge in [-0.2, -0.15) is 0 Å². The summed E-state index contributed by atoms with van der Waals surface area (Å²) in [5.41, 5.74) is 2.98. The van der Waals surface area contributed by atoms with Crippen LogP contribution in [0, 0.1) is 0 Å². The summed E-state index contributed by atoms with van der Waals surface area (Å²) in [7, 11) is 0. The smallest absolute Gasteiger partial charge is 0.221 e. The number of aromatic amines is 1. The number of fused-ring (bicyclic) bond motifs is 1. The Morgan fingerprint density at radius 3 is 2.64 bits per heavy atom. The van der Waals surface area contributed by atoms with Gasteiger partial charge in [0.2, 0.25) is 5.78 Å². The molecule has 146 valence electrons. The van der Waals surface area contributed by atoms with Gasteiger partial charge >= 0.3 is 0 Å². The number of quaternary nitrogens is 1. The number of ketones is 1. The van der Waals surface area contributed by atoms with Gasteiger partial charge in [-0.25, -0.2) is 0 Å². The van der Waals surface area contributed by atoms with E-state index >= 15 is 0 Å². The first-order valence-electron chi connectivity index (χ1n) is 10.1. The number of hydrogen-bond donors (Lipinski definition) is 2. The van der Waals surface area contributed by atoms with E-state index in [1.54, 1.807) is 0 Å². The van der Waals surface area contributed by atoms with Gasteiger partial charge in [0.25, 0.3) is 0 Å². The number of nitrogens with zero attached hydrogens (tertiary/aromatic N) is 1. The van der Waals surface area contributed by atoms with Gasteiger partial charge in [-0.15, -0.1) is 0 Å². The zero-order valence-electron chi connectivity index (χ0n) is 16.6. The lowest BCUT2D eigenvalue weighted by atomic mass is 10.0. The van der Waals surface area contributed by atoms with Crippen LogP contribution >= 0.6 is 0 Å². The molecule has 0 bridgehead atoms. The van der Waals surface area contributed by atoms with E-state index in [0.717, 1.165) is 54.1 Å². The molecule has 0 unspecified atom stereocenters. The van der Waals surface area contributed by atoms with Crippen molar-refractivity contribution >= 4 is 22.4 Å². The fourth-order valence-electron chi connectivity index (χ4n) is 4.16. The van der Waals surface area contributed by atoms with Crippen LogP contribution in [0.4, 0.5) is 5.69 Å². The summed E-state index contributed by atoms with van der Waals surface area (Å²) in [4.78, 5) is 20.1. The van der Waals surface area contributed by atoms with Crippen LogP contribution < -0.4 is 14.5 Å². The molecule has 2 N–H and O–H groups in total. The van der Waals surface area contributed by atoms with Crippen molar-refractivity contribution in [2.24, 2.45) is 0 Å². The largest absolute Gasteiger partial charge is 0.492 e. The van der Waals surface area contributed by atoms with Crippen LogP contribution in [0.15, 0.2) is 54.7 Å². The highest BCUT2D eigenvalue weighted by Gasteiger charge is 2.31. The maximum Gasteiger partial charge on any atom is 0.221 e. The molecule has 0 amide bonds. The molecule has 5 heteroatoms. The standard InChI is InChI=1S/C23H27N3O2/c1-3-28-22-11-7-6-10-21(22)26-14-12-25(13-15-26)17(2)23(27)19-16-24-20-9-5-4-8-18(19)20/h4-11,16-17,24H,3,12-15H2,1-2H3/p+1/t17-/m0/s1. The summed E-state index contributed by atoms with van der Waals surface area (Å²) in [5.74, 6) is 1.16. The fraction of sp³-hybridized carbons (Fsp3) is 0.348. The molecule has 0 spiro atoms. The quantitative estimate of drug-likeness (QED) is 0.648. The third-order valence-electron chi connectivity index (χ3n) is 5.77. The van der Waals surface area contributed by atoms with Gasteiger partial charge in [0, 0.05) is 22.7 Å². The predicted molar refractivity (Wildman–Crippen MR) is 113 cm³/mol. The summed E-state index contributed by atoms with van der Waals surface area (Å²) in [5, 5.41) is 1.02. The number of ether oxygens (including phenoxy) is 1. The van der Waals surface area contributed by atoms with Crippen LogP contribution in [0.3, 0.4) is 0 Å². The van der Waals surface area contributed by atoms with Crippen molar-refractivity contribution in [3.63, 3.8) is 0 Å². The van der Waals surface area contributed by atoms with Crippen LogP contribution in [0.2, 0.25) is 0 Å². The molecule has 28 heavy (non-hydrogen) atoms. The number of nitrogens with one attached hydrogen (secondary N) is 2. The Morgan fingerprint density at radius 1 is 1.14 bits per heavy atom. The molecule has 5 nitrogen and oxygen atoms in total. The molecule has 1 aromatic heterocycles. The van der Waals surface area contributed by atoms with Crippen molar-refractivity contribution < 1.29 is 14.4 Å². The normalized spacial score (nSPS) is 16.3. The molecule has 1 aliphatic rings. The highest BCUT2D eigenvalue weighted by Crippen LogP contribution is 2.28. The molecule has 1 aliphatic heterocycles. The SMILES string of the molecule is CCOc1ccccc1N1CC[NH+]([C@@H](C)C(=O)c2c[nH]c3ccccc23)CC1. The summed E-state index contributed by atoms with van der Waals surface area (Å²) >= 11 is 0.